The fraction of sp³-hybridized carbons (Fsp3) is 0.407. The number of carbonyl (C=O) groups excluding carboxylic acids is 1. The molecule has 7 heteroatoms. The van der Waals surface area contributed by atoms with Gasteiger partial charge in [-0.2, -0.15) is 0 Å². The first-order valence-electron chi connectivity index (χ1n) is 11.4. The lowest BCUT2D eigenvalue weighted by Gasteiger charge is -2.28. The average molecular weight is 483 g/mol. The van der Waals surface area contributed by atoms with Crippen LogP contribution in [0.15, 0.2) is 53.3 Å². The number of Topliss-reactive ketones (excluding diaryl/α,β-unsaturated/α-hetero) is 1. The topological polar surface area (TPSA) is 85.5 Å². The molecule has 3 N–H and O–H groups in total. The van der Waals surface area contributed by atoms with Crippen LogP contribution < -0.4 is 11.4 Å². The average Bonchev–Trinajstić information content (AvgIpc) is 3.13. The summed E-state index contributed by atoms with van der Waals surface area (Å²) in [5, 5.41) is 11.0. The molecule has 0 saturated heterocycles. The van der Waals surface area contributed by atoms with Crippen molar-refractivity contribution in [2.75, 3.05) is 0 Å². The van der Waals surface area contributed by atoms with Crippen molar-refractivity contribution in [3.8, 4) is 5.75 Å². The van der Waals surface area contributed by atoms with E-state index in [2.05, 4.69) is 4.51 Å². The highest BCUT2D eigenvalue weighted by molar-refractivity contribution is 6.14. The number of nitrogens with zero attached hydrogens (tertiary/aromatic N) is 3. The Morgan fingerprint density at radius 1 is 0.941 bits per heavy atom. The molecule has 0 saturated carbocycles. The van der Waals surface area contributed by atoms with Crippen molar-refractivity contribution in [1.29, 1.82) is 0 Å². The molecule has 2 aromatic carbocycles. The zero-order valence-corrected chi connectivity index (χ0v) is 21.6. The predicted octanol–water partition coefficient (Wildman–Crippen LogP) is 5.03. The van der Waals surface area contributed by atoms with Gasteiger partial charge in [0.25, 0.3) is 0 Å². The van der Waals surface area contributed by atoms with Gasteiger partial charge in [0, 0.05) is 47.4 Å². The van der Waals surface area contributed by atoms with Crippen LogP contribution in [0.3, 0.4) is 0 Å². The van der Waals surface area contributed by atoms with E-state index in [0.29, 0.717) is 24.3 Å². The third-order valence-corrected chi connectivity index (χ3v) is 6.14. The molecule has 0 aliphatic rings. The molecule has 0 bridgehead atoms. The summed E-state index contributed by atoms with van der Waals surface area (Å²) >= 11 is 5.94. The Kier molecular flexibility index (Phi) is 7.44. The Hall–Kier alpha value is -2.83. The van der Waals surface area contributed by atoms with Crippen molar-refractivity contribution < 1.29 is 9.90 Å². The minimum atomic E-state index is -0.313. The first kappa shape index (κ1) is 25.8. The van der Waals surface area contributed by atoms with Gasteiger partial charge in [0.1, 0.15) is 5.75 Å². The second kappa shape index (κ2) is 9.80. The van der Waals surface area contributed by atoms with E-state index in [9.17, 15) is 9.90 Å². The van der Waals surface area contributed by atoms with Crippen molar-refractivity contribution >= 4 is 17.6 Å². The standard InChI is InChI=1S/C27H35ClN4O2/c1-26(2,3)21-13-20(14-22(24(21)34)27(4,5)6)23(33)17-32-12-11-31(25(32)30-28)16-19-9-7-18(15-29)8-10-19/h7-14,34H,15-17,29H2,1-6H3/b30-25-. The summed E-state index contributed by atoms with van der Waals surface area (Å²) in [6.07, 6.45) is 3.67. The SMILES string of the molecule is CC(C)(C)c1cc(C(=O)Cn2ccn(Cc3ccc(CN)cc3)/c2=N/Cl)cc(C(C)(C)C)c1O. The minimum Gasteiger partial charge on any atom is -0.507 e. The molecule has 0 radical (unpaired) electrons. The van der Waals surface area contributed by atoms with Crippen molar-refractivity contribution in [3.63, 3.8) is 0 Å². The number of carbonyl (C=O) groups is 1. The molecule has 1 heterocycles. The summed E-state index contributed by atoms with van der Waals surface area (Å²) in [4.78, 5) is 13.4. The van der Waals surface area contributed by atoms with Crippen LogP contribution in [0.25, 0.3) is 0 Å². The van der Waals surface area contributed by atoms with E-state index < -0.39 is 0 Å². The number of halogens is 1. The number of aromatic nitrogens is 2. The number of rotatable bonds is 6. The number of benzene rings is 2. The molecule has 3 aromatic rings. The van der Waals surface area contributed by atoms with Crippen LogP contribution in [0.2, 0.25) is 0 Å². The van der Waals surface area contributed by atoms with Crippen LogP contribution in [-0.2, 0) is 30.5 Å². The molecule has 3 rings (SSSR count). The van der Waals surface area contributed by atoms with E-state index in [1.165, 1.54) is 0 Å². The van der Waals surface area contributed by atoms with Gasteiger partial charge >= 0.3 is 0 Å². The molecule has 0 spiro atoms. The highest BCUT2D eigenvalue weighted by Crippen LogP contribution is 2.39. The molecule has 0 unspecified atom stereocenters. The molecule has 0 fully saturated rings. The summed E-state index contributed by atoms with van der Waals surface area (Å²) in [7, 11) is 0. The van der Waals surface area contributed by atoms with Crippen molar-refractivity contribution in [3.05, 3.63) is 82.2 Å². The van der Waals surface area contributed by atoms with Gasteiger partial charge in [-0.15, -0.1) is 4.51 Å². The second-order valence-electron chi connectivity index (χ2n) is 10.8. The van der Waals surface area contributed by atoms with Gasteiger partial charge in [-0.3, -0.25) is 4.79 Å². The van der Waals surface area contributed by atoms with Gasteiger partial charge in [0.2, 0.25) is 5.62 Å². The molecular weight excluding hydrogens is 448 g/mol. The van der Waals surface area contributed by atoms with Crippen molar-refractivity contribution in [2.45, 2.75) is 72.0 Å². The molecule has 0 aliphatic carbocycles. The molecule has 0 atom stereocenters. The van der Waals surface area contributed by atoms with Crippen LogP contribution in [0.4, 0.5) is 0 Å². The third kappa shape index (κ3) is 5.62. The lowest BCUT2D eigenvalue weighted by Crippen LogP contribution is -2.28. The fourth-order valence-electron chi connectivity index (χ4n) is 3.97. The van der Waals surface area contributed by atoms with E-state index in [1.54, 1.807) is 16.7 Å². The van der Waals surface area contributed by atoms with Crippen molar-refractivity contribution in [1.82, 2.24) is 9.13 Å². The molecule has 0 amide bonds. The number of aromatic hydroxyl groups is 1. The van der Waals surface area contributed by atoms with Crippen LogP contribution >= 0.6 is 11.8 Å². The fourth-order valence-corrected chi connectivity index (χ4v) is 4.16. The third-order valence-electron chi connectivity index (χ3n) is 5.99. The number of hydrogen-bond acceptors (Lipinski definition) is 4. The Balaban J connectivity index is 1.94. The maximum absolute atomic E-state index is 13.4. The summed E-state index contributed by atoms with van der Waals surface area (Å²) < 4.78 is 7.56. The van der Waals surface area contributed by atoms with Crippen LogP contribution in [0.1, 0.15) is 74.2 Å². The van der Waals surface area contributed by atoms with E-state index in [1.807, 2.05) is 82.8 Å². The van der Waals surface area contributed by atoms with E-state index >= 15 is 0 Å². The monoisotopic (exact) mass is 482 g/mol. The van der Waals surface area contributed by atoms with Crippen LogP contribution in [-0.4, -0.2) is 20.0 Å². The molecule has 6 nitrogen and oxygen atoms in total. The number of nitrogens with two attached hydrogens (primary N) is 1. The Morgan fingerprint density at radius 3 is 1.91 bits per heavy atom. The molecule has 34 heavy (non-hydrogen) atoms. The number of phenolic OH excluding ortho intramolecular Hbond substituents is 1. The molecule has 0 aliphatic heterocycles. The minimum absolute atomic E-state index is 0.0763. The first-order valence-corrected chi connectivity index (χ1v) is 11.8. The molecule has 1 aromatic heterocycles. The van der Waals surface area contributed by atoms with Gasteiger partial charge in [-0.25, -0.2) is 0 Å². The van der Waals surface area contributed by atoms with E-state index in [4.69, 9.17) is 17.5 Å². The highest BCUT2D eigenvalue weighted by Gasteiger charge is 2.28. The maximum atomic E-state index is 13.4. The smallest absolute Gasteiger partial charge is 0.223 e. The summed E-state index contributed by atoms with van der Waals surface area (Å²) in [6, 6.07) is 11.7. The van der Waals surface area contributed by atoms with Crippen molar-refractivity contribution in [2.24, 2.45) is 10.2 Å². The number of ketones is 1. The zero-order valence-electron chi connectivity index (χ0n) is 20.9. The van der Waals surface area contributed by atoms with Crippen LogP contribution in [0, 0.1) is 0 Å². The number of imidazole rings is 1. The zero-order chi connectivity index (χ0) is 25.3. The van der Waals surface area contributed by atoms with Gasteiger partial charge in [0.05, 0.1) is 13.1 Å². The summed E-state index contributed by atoms with van der Waals surface area (Å²) in [5.74, 6) is 0.181. The van der Waals surface area contributed by atoms with E-state index in [-0.39, 0.29) is 28.9 Å². The van der Waals surface area contributed by atoms with Crippen LogP contribution in [0.5, 0.6) is 5.75 Å². The predicted molar refractivity (Wildman–Crippen MR) is 137 cm³/mol. The summed E-state index contributed by atoms with van der Waals surface area (Å²) in [6.45, 7) is 13.3. The molecule has 182 valence electrons. The van der Waals surface area contributed by atoms with Gasteiger partial charge in [-0.05, 0) is 34.1 Å². The molecular formula is C27H35ClN4O2. The first-order chi connectivity index (χ1) is 15.8. The van der Waals surface area contributed by atoms with Gasteiger partial charge < -0.3 is 20.0 Å². The highest BCUT2D eigenvalue weighted by atomic mass is 35.5. The lowest BCUT2D eigenvalue weighted by molar-refractivity contribution is 0.0970. The summed E-state index contributed by atoms with van der Waals surface area (Å²) in [5.41, 5.74) is 9.77. The Labute approximate surface area is 206 Å². The normalized spacial score (nSPS) is 12.9. The van der Waals surface area contributed by atoms with Gasteiger partial charge in [-0.1, -0.05) is 65.8 Å². The van der Waals surface area contributed by atoms with E-state index in [0.717, 1.165) is 22.3 Å². The number of hydrogen-bond donors (Lipinski definition) is 2. The van der Waals surface area contributed by atoms with Gasteiger partial charge in [0.15, 0.2) is 5.78 Å². The second-order valence-corrected chi connectivity index (χ2v) is 11.0. The largest absolute Gasteiger partial charge is 0.507 e. The maximum Gasteiger partial charge on any atom is 0.223 e. The Bertz CT molecular complexity index is 1200. The number of phenols is 1. The lowest BCUT2D eigenvalue weighted by atomic mass is 9.78. The quantitative estimate of drug-likeness (QED) is 0.483. The Morgan fingerprint density at radius 2 is 1.44 bits per heavy atom.